The van der Waals surface area contributed by atoms with Crippen molar-refractivity contribution >= 4 is 16.6 Å². The van der Waals surface area contributed by atoms with Gasteiger partial charge >= 0.3 is 0 Å². The van der Waals surface area contributed by atoms with Crippen LogP contribution in [0.4, 0.5) is 5.69 Å². The molecule has 0 amide bonds. The molecule has 0 aliphatic carbocycles. The fourth-order valence-electron chi connectivity index (χ4n) is 5.37. The molecule has 1 aliphatic rings. The van der Waals surface area contributed by atoms with Crippen LogP contribution in [0.25, 0.3) is 10.9 Å². The van der Waals surface area contributed by atoms with Gasteiger partial charge in [-0.1, -0.05) is 61.5 Å². The first-order chi connectivity index (χ1) is 17.6. The number of para-hydroxylation sites is 1. The maximum atomic E-state index is 13.6. The number of aryl methyl sites for hydroxylation is 1. The van der Waals surface area contributed by atoms with Crippen molar-refractivity contribution in [2.24, 2.45) is 0 Å². The first-order valence-electron chi connectivity index (χ1n) is 12.4. The zero-order valence-electron chi connectivity index (χ0n) is 20.4. The van der Waals surface area contributed by atoms with Crippen LogP contribution in [0.3, 0.4) is 0 Å². The molecular weight excluding hydrogens is 448 g/mol. The topological polar surface area (TPSA) is 79.7 Å². The molecule has 7 nitrogen and oxygen atoms in total. The van der Waals surface area contributed by atoms with E-state index in [1.807, 2.05) is 41.1 Å². The molecule has 1 aliphatic heterocycles. The zero-order valence-corrected chi connectivity index (χ0v) is 20.4. The van der Waals surface area contributed by atoms with E-state index in [-0.39, 0.29) is 11.6 Å². The molecule has 3 heterocycles. The molecule has 6 rings (SSSR count). The number of fused-ring (bicyclic) bond motifs is 2. The fraction of sp³-hybridized carbons (Fsp3) is 0.241. The Morgan fingerprint density at radius 1 is 1.00 bits per heavy atom. The number of hydrogen-bond acceptors (Lipinski definition) is 5. The summed E-state index contributed by atoms with van der Waals surface area (Å²) in [5.74, 6) is 0.652. The second-order valence-corrected chi connectivity index (χ2v) is 9.50. The van der Waals surface area contributed by atoms with Crippen LogP contribution in [0.15, 0.2) is 83.7 Å². The van der Waals surface area contributed by atoms with Crippen molar-refractivity contribution in [3.05, 3.63) is 117 Å². The summed E-state index contributed by atoms with van der Waals surface area (Å²) in [6, 6.07) is 26.5. The number of pyridine rings is 1. The molecule has 36 heavy (non-hydrogen) atoms. The number of hydrogen-bond donors (Lipinski definition) is 1. The Bertz CT molecular complexity index is 1590. The highest BCUT2D eigenvalue weighted by atomic mass is 16.1. The second kappa shape index (κ2) is 9.07. The molecule has 2 atom stereocenters. The Morgan fingerprint density at radius 3 is 2.64 bits per heavy atom. The number of aromatic amines is 1. The second-order valence-electron chi connectivity index (χ2n) is 9.50. The third kappa shape index (κ3) is 3.86. The molecule has 0 unspecified atom stereocenters. The van der Waals surface area contributed by atoms with Gasteiger partial charge in [-0.3, -0.25) is 4.79 Å². The smallest absolute Gasteiger partial charge is 0.254 e. The average Bonchev–Trinajstić information content (AvgIpc) is 3.49. The standard InChI is InChI=1S/C29H28N6O/c1-3-20-13-14-25-23(16-20)17-24(29(36)30-25)27(35-19(2)15-22-11-7-8-12-26(22)35)28-31-32-33-34(28)18-21-9-5-4-6-10-21/h4-14,16-17,19,27H,3,15,18H2,1-2H3,(H,30,36)/t19-,27+/m0/s1. The molecule has 180 valence electrons. The van der Waals surface area contributed by atoms with Gasteiger partial charge in [-0.05, 0) is 76.5 Å². The largest absolute Gasteiger partial charge is 0.354 e. The summed E-state index contributed by atoms with van der Waals surface area (Å²) in [6.45, 7) is 4.86. The summed E-state index contributed by atoms with van der Waals surface area (Å²) in [5.41, 5.74) is 6.06. The summed E-state index contributed by atoms with van der Waals surface area (Å²) < 4.78 is 1.82. The molecular formula is C29H28N6O. The van der Waals surface area contributed by atoms with Crippen LogP contribution in [-0.2, 0) is 19.4 Å². The van der Waals surface area contributed by atoms with Gasteiger partial charge in [0.1, 0.15) is 6.04 Å². The van der Waals surface area contributed by atoms with E-state index in [0.29, 0.717) is 17.9 Å². The highest BCUT2D eigenvalue weighted by Crippen LogP contribution is 2.40. The van der Waals surface area contributed by atoms with E-state index in [0.717, 1.165) is 35.0 Å². The Morgan fingerprint density at radius 2 is 1.81 bits per heavy atom. The Kier molecular flexibility index (Phi) is 5.60. The van der Waals surface area contributed by atoms with E-state index >= 15 is 0 Å². The predicted octanol–water partition coefficient (Wildman–Crippen LogP) is 4.67. The van der Waals surface area contributed by atoms with Gasteiger partial charge in [-0.15, -0.1) is 5.10 Å². The number of benzene rings is 3. The third-order valence-electron chi connectivity index (χ3n) is 7.16. The molecule has 0 saturated carbocycles. The van der Waals surface area contributed by atoms with Crippen molar-refractivity contribution in [3.8, 4) is 0 Å². The van der Waals surface area contributed by atoms with Crippen LogP contribution < -0.4 is 10.5 Å². The average molecular weight is 477 g/mol. The molecule has 0 spiro atoms. The number of rotatable bonds is 6. The molecule has 5 aromatic rings. The minimum Gasteiger partial charge on any atom is -0.354 e. The van der Waals surface area contributed by atoms with Gasteiger partial charge in [-0.25, -0.2) is 4.68 Å². The zero-order chi connectivity index (χ0) is 24.6. The quantitative estimate of drug-likeness (QED) is 0.385. The molecule has 0 fully saturated rings. The van der Waals surface area contributed by atoms with Gasteiger partial charge in [0.25, 0.3) is 5.56 Å². The van der Waals surface area contributed by atoms with Crippen molar-refractivity contribution < 1.29 is 0 Å². The Balaban J connectivity index is 1.55. The lowest BCUT2D eigenvalue weighted by Crippen LogP contribution is -2.38. The van der Waals surface area contributed by atoms with Crippen LogP contribution in [0.2, 0.25) is 0 Å². The van der Waals surface area contributed by atoms with E-state index in [1.54, 1.807) is 0 Å². The van der Waals surface area contributed by atoms with Crippen LogP contribution in [0.5, 0.6) is 0 Å². The highest BCUT2D eigenvalue weighted by molar-refractivity contribution is 5.80. The maximum absolute atomic E-state index is 13.6. The first-order valence-corrected chi connectivity index (χ1v) is 12.4. The maximum Gasteiger partial charge on any atom is 0.254 e. The number of nitrogens with zero attached hydrogens (tertiary/aromatic N) is 5. The lowest BCUT2D eigenvalue weighted by molar-refractivity contribution is 0.544. The third-order valence-corrected chi connectivity index (χ3v) is 7.16. The SMILES string of the molecule is CCc1ccc2[nH]c(=O)c([C@H](c3nnnn3Cc3ccccc3)N3c4ccccc4C[C@@H]3C)cc2c1. The Hall–Kier alpha value is -4.26. The van der Waals surface area contributed by atoms with Crippen molar-refractivity contribution in [2.45, 2.75) is 45.3 Å². The summed E-state index contributed by atoms with van der Waals surface area (Å²) in [4.78, 5) is 19.0. The highest BCUT2D eigenvalue weighted by Gasteiger charge is 2.37. The molecule has 0 saturated heterocycles. The van der Waals surface area contributed by atoms with E-state index in [9.17, 15) is 4.79 Å². The van der Waals surface area contributed by atoms with Gasteiger partial charge in [0.05, 0.1) is 6.54 Å². The molecule has 7 heteroatoms. The first kappa shape index (κ1) is 22.2. The van der Waals surface area contributed by atoms with Gasteiger partial charge in [0.15, 0.2) is 5.82 Å². The van der Waals surface area contributed by atoms with Crippen molar-refractivity contribution in [2.75, 3.05) is 4.90 Å². The van der Waals surface area contributed by atoms with Gasteiger partial charge in [-0.2, -0.15) is 0 Å². The number of anilines is 1. The van der Waals surface area contributed by atoms with E-state index in [2.05, 4.69) is 81.7 Å². The minimum atomic E-state index is -0.444. The lowest BCUT2D eigenvalue weighted by Gasteiger charge is -2.33. The van der Waals surface area contributed by atoms with E-state index in [4.69, 9.17) is 0 Å². The predicted molar refractivity (Wildman–Crippen MR) is 141 cm³/mol. The van der Waals surface area contributed by atoms with Crippen LogP contribution in [0.1, 0.15) is 48.0 Å². The molecule has 0 radical (unpaired) electrons. The van der Waals surface area contributed by atoms with E-state index < -0.39 is 6.04 Å². The summed E-state index contributed by atoms with van der Waals surface area (Å²) >= 11 is 0. The lowest BCUT2D eigenvalue weighted by atomic mass is 10.0. The number of aromatic nitrogens is 5. The van der Waals surface area contributed by atoms with Crippen LogP contribution in [-0.4, -0.2) is 31.2 Å². The number of nitrogens with one attached hydrogen (secondary N) is 1. The van der Waals surface area contributed by atoms with Crippen LogP contribution in [0, 0.1) is 0 Å². The monoisotopic (exact) mass is 476 g/mol. The van der Waals surface area contributed by atoms with Crippen molar-refractivity contribution in [3.63, 3.8) is 0 Å². The Labute approximate surface area is 209 Å². The summed E-state index contributed by atoms with van der Waals surface area (Å²) in [5, 5.41) is 13.9. The molecule has 2 aromatic heterocycles. The molecule has 0 bridgehead atoms. The fourth-order valence-corrected chi connectivity index (χ4v) is 5.37. The van der Waals surface area contributed by atoms with Gasteiger partial charge in [0, 0.05) is 22.8 Å². The molecule has 3 aromatic carbocycles. The summed E-state index contributed by atoms with van der Waals surface area (Å²) in [6.07, 6.45) is 1.83. The number of tetrazole rings is 1. The minimum absolute atomic E-state index is 0.123. The summed E-state index contributed by atoms with van der Waals surface area (Å²) in [7, 11) is 0. The van der Waals surface area contributed by atoms with Crippen LogP contribution >= 0.6 is 0 Å². The van der Waals surface area contributed by atoms with Gasteiger partial charge < -0.3 is 9.88 Å². The van der Waals surface area contributed by atoms with Crippen molar-refractivity contribution in [1.29, 1.82) is 0 Å². The van der Waals surface area contributed by atoms with Gasteiger partial charge in [0.2, 0.25) is 0 Å². The molecule has 1 N–H and O–H groups in total. The van der Waals surface area contributed by atoms with E-state index in [1.165, 1.54) is 11.1 Å². The van der Waals surface area contributed by atoms with Crippen molar-refractivity contribution in [1.82, 2.24) is 25.2 Å². The number of H-pyrrole nitrogens is 1. The normalized spacial score (nSPS) is 15.8.